The molecule has 0 fully saturated rings. The van der Waals surface area contributed by atoms with E-state index in [0.29, 0.717) is 34.7 Å². The highest BCUT2D eigenvalue weighted by molar-refractivity contribution is 7.92. The van der Waals surface area contributed by atoms with Gasteiger partial charge in [-0.15, -0.1) is 0 Å². The van der Waals surface area contributed by atoms with Crippen LogP contribution in [0.1, 0.15) is 17.5 Å². The molecule has 0 bridgehead atoms. The number of amides is 1. The van der Waals surface area contributed by atoms with Gasteiger partial charge in [-0.2, -0.15) is 0 Å². The van der Waals surface area contributed by atoms with Crippen LogP contribution in [0.15, 0.2) is 71.6 Å². The Balaban J connectivity index is 1.74. The largest absolute Gasteiger partial charge is 0.495 e. The van der Waals surface area contributed by atoms with Crippen LogP contribution < -0.4 is 14.8 Å². The van der Waals surface area contributed by atoms with E-state index >= 15 is 0 Å². The monoisotopic (exact) mass is 442 g/mol. The molecule has 8 heteroatoms. The molecule has 0 heterocycles. The standard InChI is InChI=1S/C23H23FN2O4S/c1-16-10-12-19(25-23(27)13-11-17-6-5-7-18(24)14-17)15-22(16)31(28,29)26-20-8-3-4-9-21(20)30-2/h3-10,12,14-15,26H,11,13H2,1-2H3,(H,25,27). The summed E-state index contributed by atoms with van der Waals surface area (Å²) in [6.07, 6.45) is 0.509. The number of rotatable bonds is 8. The third kappa shape index (κ3) is 5.82. The fourth-order valence-corrected chi connectivity index (χ4v) is 4.41. The van der Waals surface area contributed by atoms with Crippen molar-refractivity contribution in [1.29, 1.82) is 0 Å². The summed E-state index contributed by atoms with van der Waals surface area (Å²) in [5.41, 5.74) is 1.91. The fraction of sp³-hybridized carbons (Fsp3) is 0.174. The molecule has 0 aliphatic carbocycles. The van der Waals surface area contributed by atoms with Gasteiger partial charge in [0.05, 0.1) is 17.7 Å². The number of nitrogens with one attached hydrogen (secondary N) is 2. The molecule has 1 amide bonds. The lowest BCUT2D eigenvalue weighted by Gasteiger charge is -2.14. The van der Waals surface area contributed by atoms with Crippen LogP contribution in [-0.2, 0) is 21.2 Å². The van der Waals surface area contributed by atoms with Gasteiger partial charge < -0.3 is 10.1 Å². The second kappa shape index (κ2) is 9.61. The summed E-state index contributed by atoms with van der Waals surface area (Å²) < 4.78 is 46.9. The van der Waals surface area contributed by atoms with Gasteiger partial charge in [-0.3, -0.25) is 9.52 Å². The molecule has 0 atom stereocenters. The average Bonchev–Trinajstić information content (AvgIpc) is 2.74. The van der Waals surface area contributed by atoms with E-state index in [0.717, 1.165) is 0 Å². The minimum atomic E-state index is -3.92. The number of sulfonamides is 1. The van der Waals surface area contributed by atoms with E-state index in [-0.39, 0.29) is 23.0 Å². The predicted molar refractivity (Wildman–Crippen MR) is 118 cm³/mol. The lowest BCUT2D eigenvalue weighted by atomic mass is 10.1. The van der Waals surface area contributed by atoms with Crippen LogP contribution in [0.25, 0.3) is 0 Å². The minimum Gasteiger partial charge on any atom is -0.495 e. The van der Waals surface area contributed by atoms with E-state index in [2.05, 4.69) is 10.0 Å². The lowest BCUT2D eigenvalue weighted by molar-refractivity contribution is -0.116. The maximum absolute atomic E-state index is 13.3. The summed E-state index contributed by atoms with van der Waals surface area (Å²) in [6, 6.07) is 17.4. The molecule has 0 saturated carbocycles. The quantitative estimate of drug-likeness (QED) is 0.537. The van der Waals surface area contributed by atoms with E-state index in [4.69, 9.17) is 4.74 Å². The number of halogens is 1. The van der Waals surface area contributed by atoms with Gasteiger partial charge in [-0.05, 0) is 60.9 Å². The summed E-state index contributed by atoms with van der Waals surface area (Å²) in [6.45, 7) is 1.67. The van der Waals surface area contributed by atoms with Crippen molar-refractivity contribution in [1.82, 2.24) is 0 Å². The Morgan fingerprint density at radius 2 is 1.81 bits per heavy atom. The number of carbonyl (C=O) groups excluding carboxylic acids is 1. The number of para-hydroxylation sites is 2. The Bertz CT molecular complexity index is 1200. The van der Waals surface area contributed by atoms with E-state index in [1.165, 1.54) is 25.3 Å². The van der Waals surface area contributed by atoms with Crippen molar-refractivity contribution in [2.24, 2.45) is 0 Å². The molecular weight excluding hydrogens is 419 g/mol. The van der Waals surface area contributed by atoms with Crippen LogP contribution in [0.5, 0.6) is 5.75 Å². The molecule has 0 saturated heterocycles. The number of methoxy groups -OCH3 is 1. The van der Waals surface area contributed by atoms with E-state index < -0.39 is 10.0 Å². The fourth-order valence-electron chi connectivity index (χ4n) is 3.07. The van der Waals surface area contributed by atoms with Crippen molar-refractivity contribution in [3.8, 4) is 5.75 Å². The Morgan fingerprint density at radius 1 is 1.03 bits per heavy atom. The summed E-state index contributed by atoms with van der Waals surface area (Å²) in [5, 5.41) is 2.70. The van der Waals surface area contributed by atoms with E-state index in [1.54, 1.807) is 55.5 Å². The third-order valence-electron chi connectivity index (χ3n) is 4.64. The summed E-state index contributed by atoms with van der Waals surface area (Å²) in [7, 11) is -2.46. The van der Waals surface area contributed by atoms with Crippen molar-refractivity contribution in [2.75, 3.05) is 17.1 Å². The molecule has 0 aliphatic rings. The van der Waals surface area contributed by atoms with Crippen molar-refractivity contribution in [2.45, 2.75) is 24.7 Å². The molecule has 6 nitrogen and oxygen atoms in total. The molecule has 0 aromatic heterocycles. The van der Waals surface area contributed by atoms with Gasteiger partial charge in [0.1, 0.15) is 11.6 Å². The van der Waals surface area contributed by atoms with E-state index in [9.17, 15) is 17.6 Å². The van der Waals surface area contributed by atoms with Crippen LogP contribution in [0, 0.1) is 12.7 Å². The van der Waals surface area contributed by atoms with Gasteiger partial charge in [-0.25, -0.2) is 12.8 Å². The Kier molecular flexibility index (Phi) is 6.91. The second-order valence-corrected chi connectivity index (χ2v) is 8.61. The Labute approximate surface area is 181 Å². The zero-order valence-corrected chi connectivity index (χ0v) is 18.0. The zero-order valence-electron chi connectivity index (χ0n) is 17.2. The van der Waals surface area contributed by atoms with Crippen LogP contribution >= 0.6 is 0 Å². The van der Waals surface area contributed by atoms with Crippen LogP contribution in [0.4, 0.5) is 15.8 Å². The van der Waals surface area contributed by atoms with Crippen molar-refractivity contribution in [3.05, 3.63) is 83.7 Å². The van der Waals surface area contributed by atoms with Crippen LogP contribution in [0.2, 0.25) is 0 Å². The number of hydrogen-bond acceptors (Lipinski definition) is 4. The molecule has 3 aromatic rings. The van der Waals surface area contributed by atoms with Crippen molar-refractivity contribution in [3.63, 3.8) is 0 Å². The maximum atomic E-state index is 13.3. The van der Waals surface area contributed by atoms with E-state index in [1.807, 2.05) is 0 Å². The number of aryl methyl sites for hydroxylation is 2. The highest BCUT2D eigenvalue weighted by Crippen LogP contribution is 2.28. The zero-order chi connectivity index (χ0) is 22.4. The predicted octanol–water partition coefficient (Wildman–Crippen LogP) is 4.51. The lowest BCUT2D eigenvalue weighted by Crippen LogP contribution is -2.16. The molecule has 0 radical (unpaired) electrons. The second-order valence-electron chi connectivity index (χ2n) is 6.96. The first kappa shape index (κ1) is 22.3. The van der Waals surface area contributed by atoms with Gasteiger partial charge in [0, 0.05) is 12.1 Å². The van der Waals surface area contributed by atoms with Crippen LogP contribution in [-0.4, -0.2) is 21.4 Å². The van der Waals surface area contributed by atoms with Gasteiger partial charge >= 0.3 is 0 Å². The molecule has 2 N–H and O–H groups in total. The van der Waals surface area contributed by atoms with Gasteiger partial charge in [0.25, 0.3) is 10.0 Å². The minimum absolute atomic E-state index is 0.0429. The van der Waals surface area contributed by atoms with Crippen molar-refractivity contribution < 1.29 is 22.3 Å². The smallest absolute Gasteiger partial charge is 0.262 e. The summed E-state index contributed by atoms with van der Waals surface area (Å²) in [5.74, 6) is -0.256. The first-order valence-corrected chi connectivity index (χ1v) is 11.1. The van der Waals surface area contributed by atoms with Crippen molar-refractivity contribution >= 4 is 27.3 Å². The molecule has 162 valence electrons. The Morgan fingerprint density at radius 3 is 2.55 bits per heavy atom. The number of carbonyl (C=O) groups is 1. The Hall–Kier alpha value is -3.39. The van der Waals surface area contributed by atoms with Gasteiger partial charge in [0.15, 0.2) is 0 Å². The normalized spacial score (nSPS) is 11.1. The topological polar surface area (TPSA) is 84.5 Å². The molecule has 3 aromatic carbocycles. The molecule has 3 rings (SSSR count). The first-order chi connectivity index (χ1) is 14.8. The number of ether oxygens (including phenoxy) is 1. The van der Waals surface area contributed by atoms with Gasteiger partial charge in [-0.1, -0.05) is 30.3 Å². The molecule has 0 aliphatic heterocycles. The number of benzene rings is 3. The number of anilines is 2. The van der Waals surface area contributed by atoms with Crippen LogP contribution in [0.3, 0.4) is 0 Å². The average molecular weight is 443 g/mol. The molecular formula is C23H23FN2O4S. The number of hydrogen-bond donors (Lipinski definition) is 2. The molecule has 0 spiro atoms. The molecule has 0 unspecified atom stereocenters. The first-order valence-electron chi connectivity index (χ1n) is 9.59. The summed E-state index contributed by atoms with van der Waals surface area (Å²) >= 11 is 0. The highest BCUT2D eigenvalue weighted by Gasteiger charge is 2.20. The molecule has 31 heavy (non-hydrogen) atoms. The highest BCUT2D eigenvalue weighted by atomic mass is 32.2. The third-order valence-corrected chi connectivity index (χ3v) is 6.15. The summed E-state index contributed by atoms with van der Waals surface area (Å²) in [4.78, 5) is 12.3. The maximum Gasteiger partial charge on any atom is 0.262 e. The van der Waals surface area contributed by atoms with Gasteiger partial charge in [0.2, 0.25) is 5.91 Å². The SMILES string of the molecule is COc1ccccc1NS(=O)(=O)c1cc(NC(=O)CCc2cccc(F)c2)ccc1C.